The maximum Gasteiger partial charge on any atom is 0.297 e. The number of primary amides is 1. The van der Waals surface area contributed by atoms with Crippen LogP contribution in [0.5, 0.6) is 0 Å². The first kappa shape index (κ1) is 9.20. The average molecular weight is 185 g/mol. The van der Waals surface area contributed by atoms with Crippen molar-refractivity contribution in [3.63, 3.8) is 0 Å². The fraction of sp³-hybridized carbons (Fsp3) is 0.167. The van der Waals surface area contributed by atoms with Crippen LogP contribution in [-0.4, -0.2) is 23.6 Å². The van der Waals surface area contributed by atoms with Crippen LogP contribution in [0, 0.1) is 0 Å². The van der Waals surface area contributed by atoms with Crippen LogP contribution in [0.1, 0.15) is 10.5 Å². The van der Waals surface area contributed by atoms with Gasteiger partial charge in [-0.15, -0.1) is 0 Å². The first-order valence-corrected chi connectivity index (χ1v) is 3.31. The van der Waals surface area contributed by atoms with Gasteiger partial charge in [-0.25, -0.2) is 5.48 Å². The minimum atomic E-state index is -0.680. The van der Waals surface area contributed by atoms with Gasteiger partial charge in [0.2, 0.25) is 5.91 Å². The molecule has 0 aliphatic carbocycles. The van der Waals surface area contributed by atoms with Crippen molar-refractivity contribution in [2.75, 3.05) is 6.61 Å². The van der Waals surface area contributed by atoms with Crippen LogP contribution >= 0.6 is 0 Å². The molecule has 3 N–H and O–H groups in total. The number of rotatable bonds is 4. The Labute approximate surface area is 72.8 Å². The predicted octanol–water partition coefficient (Wildman–Crippen LogP) is -1.18. The van der Waals surface area contributed by atoms with Gasteiger partial charge in [-0.2, -0.15) is 0 Å². The number of aromatic nitrogens is 1. The number of hydrogen-bond donors (Lipinski definition) is 2. The largest absolute Gasteiger partial charge is 0.368 e. The zero-order chi connectivity index (χ0) is 9.68. The molecular weight excluding hydrogens is 178 g/mol. The van der Waals surface area contributed by atoms with Crippen LogP contribution in [0.25, 0.3) is 0 Å². The number of amides is 2. The van der Waals surface area contributed by atoms with Crippen molar-refractivity contribution in [2.45, 2.75) is 0 Å². The molecule has 2 amide bonds. The number of nitrogens with one attached hydrogen (secondary N) is 1. The topological polar surface area (TPSA) is 107 Å². The molecule has 0 unspecified atom stereocenters. The normalized spacial score (nSPS) is 9.54. The highest BCUT2D eigenvalue weighted by molar-refractivity contribution is 5.91. The highest BCUT2D eigenvalue weighted by atomic mass is 16.7. The molecular formula is C6H7N3O4. The first-order valence-electron chi connectivity index (χ1n) is 3.31. The van der Waals surface area contributed by atoms with E-state index in [0.717, 1.165) is 0 Å². The number of carbonyl (C=O) groups is 2. The molecule has 7 nitrogen and oxygen atoms in total. The average Bonchev–Trinajstić information content (AvgIpc) is 2.55. The van der Waals surface area contributed by atoms with E-state index in [0.29, 0.717) is 0 Å². The van der Waals surface area contributed by atoms with E-state index in [1.807, 2.05) is 5.48 Å². The zero-order valence-electron chi connectivity index (χ0n) is 6.52. The first-order chi connectivity index (χ1) is 6.20. The second-order valence-corrected chi connectivity index (χ2v) is 2.07. The van der Waals surface area contributed by atoms with Gasteiger partial charge in [-0.1, -0.05) is 5.16 Å². The predicted molar refractivity (Wildman–Crippen MR) is 39.1 cm³/mol. The monoisotopic (exact) mass is 185 g/mol. The van der Waals surface area contributed by atoms with E-state index in [-0.39, 0.29) is 12.3 Å². The van der Waals surface area contributed by atoms with Crippen LogP contribution in [0.4, 0.5) is 0 Å². The molecule has 1 rings (SSSR count). The molecule has 1 aromatic rings. The molecule has 0 aliphatic heterocycles. The number of hydrogen-bond acceptors (Lipinski definition) is 5. The lowest BCUT2D eigenvalue weighted by Crippen LogP contribution is -2.29. The highest BCUT2D eigenvalue weighted by Crippen LogP contribution is 1.92. The Morgan fingerprint density at radius 1 is 1.69 bits per heavy atom. The van der Waals surface area contributed by atoms with E-state index in [9.17, 15) is 9.59 Å². The summed E-state index contributed by atoms with van der Waals surface area (Å²) in [6.45, 7) is -0.385. The van der Waals surface area contributed by atoms with Crippen LogP contribution in [-0.2, 0) is 9.63 Å². The van der Waals surface area contributed by atoms with Gasteiger partial charge in [0.05, 0.1) is 0 Å². The number of nitrogens with zero attached hydrogens (tertiary/aromatic N) is 1. The fourth-order valence-corrected chi connectivity index (χ4v) is 0.555. The summed E-state index contributed by atoms with van der Waals surface area (Å²) >= 11 is 0. The van der Waals surface area contributed by atoms with Gasteiger partial charge in [0.25, 0.3) is 5.91 Å². The maximum absolute atomic E-state index is 11.0. The maximum atomic E-state index is 11.0. The lowest BCUT2D eigenvalue weighted by molar-refractivity contribution is -0.124. The summed E-state index contributed by atoms with van der Waals surface area (Å²) in [5.41, 5.74) is 6.76. The molecule has 0 saturated carbocycles. The van der Waals surface area contributed by atoms with E-state index in [1.165, 1.54) is 12.3 Å². The molecule has 7 heteroatoms. The Morgan fingerprint density at radius 3 is 3.00 bits per heavy atom. The minimum Gasteiger partial charge on any atom is -0.368 e. The van der Waals surface area contributed by atoms with Crippen molar-refractivity contribution in [1.82, 2.24) is 10.6 Å². The second-order valence-electron chi connectivity index (χ2n) is 2.07. The Kier molecular flexibility index (Phi) is 2.98. The van der Waals surface area contributed by atoms with Crippen LogP contribution < -0.4 is 11.2 Å². The quantitative estimate of drug-likeness (QED) is 0.574. The summed E-state index contributed by atoms with van der Waals surface area (Å²) in [6, 6.07) is 1.35. The standard InChI is InChI=1S/C6H7N3O4/c7-5(10)3-13-9-6(11)4-1-2-12-8-4/h1-2H,3H2,(H2,7,10)(H,9,11). The second kappa shape index (κ2) is 4.21. The summed E-state index contributed by atoms with van der Waals surface area (Å²) in [7, 11) is 0. The van der Waals surface area contributed by atoms with Gasteiger partial charge < -0.3 is 10.3 Å². The number of carbonyl (C=O) groups excluding carboxylic acids is 2. The molecule has 0 bridgehead atoms. The Balaban J connectivity index is 2.31. The van der Waals surface area contributed by atoms with E-state index in [1.54, 1.807) is 0 Å². The van der Waals surface area contributed by atoms with Gasteiger partial charge in [0.15, 0.2) is 12.3 Å². The Hall–Kier alpha value is -1.89. The van der Waals surface area contributed by atoms with Crippen LogP contribution in [0.3, 0.4) is 0 Å². The van der Waals surface area contributed by atoms with Gasteiger partial charge in [0, 0.05) is 6.07 Å². The molecule has 0 aromatic carbocycles. The minimum absolute atomic E-state index is 0.0597. The van der Waals surface area contributed by atoms with Crippen molar-refractivity contribution < 1.29 is 18.9 Å². The number of nitrogens with two attached hydrogens (primary N) is 1. The molecule has 0 saturated heterocycles. The summed E-state index contributed by atoms with van der Waals surface area (Å²) in [5.74, 6) is -1.28. The van der Waals surface area contributed by atoms with E-state index >= 15 is 0 Å². The Bertz CT molecular complexity index is 295. The van der Waals surface area contributed by atoms with Gasteiger partial charge in [0.1, 0.15) is 6.26 Å². The molecule has 0 radical (unpaired) electrons. The van der Waals surface area contributed by atoms with Crippen molar-refractivity contribution in [2.24, 2.45) is 5.73 Å². The van der Waals surface area contributed by atoms with Gasteiger partial charge >= 0.3 is 0 Å². The zero-order valence-corrected chi connectivity index (χ0v) is 6.52. The summed E-state index contributed by atoms with van der Waals surface area (Å²) < 4.78 is 4.41. The lowest BCUT2D eigenvalue weighted by atomic mass is 10.4. The van der Waals surface area contributed by atoms with Gasteiger partial charge in [-0.3, -0.25) is 14.4 Å². The lowest BCUT2D eigenvalue weighted by Gasteiger charge is -1.99. The smallest absolute Gasteiger partial charge is 0.297 e. The molecule has 0 aliphatic rings. The van der Waals surface area contributed by atoms with E-state index < -0.39 is 11.8 Å². The van der Waals surface area contributed by atoms with E-state index in [4.69, 9.17) is 5.73 Å². The van der Waals surface area contributed by atoms with Crippen LogP contribution in [0.15, 0.2) is 16.9 Å². The van der Waals surface area contributed by atoms with E-state index in [2.05, 4.69) is 14.5 Å². The molecule has 0 fully saturated rings. The van der Waals surface area contributed by atoms with Crippen LogP contribution in [0.2, 0.25) is 0 Å². The molecule has 1 aromatic heterocycles. The molecule has 70 valence electrons. The third-order valence-corrected chi connectivity index (χ3v) is 1.05. The third kappa shape index (κ3) is 2.91. The summed E-state index contributed by atoms with van der Waals surface area (Å²) in [4.78, 5) is 25.6. The highest BCUT2D eigenvalue weighted by Gasteiger charge is 2.08. The van der Waals surface area contributed by atoms with Gasteiger partial charge in [-0.05, 0) is 0 Å². The molecule has 1 heterocycles. The van der Waals surface area contributed by atoms with Crippen molar-refractivity contribution in [3.8, 4) is 0 Å². The number of hydroxylamine groups is 1. The van der Waals surface area contributed by atoms with Crippen molar-refractivity contribution in [3.05, 3.63) is 18.0 Å². The van der Waals surface area contributed by atoms with Crippen molar-refractivity contribution in [1.29, 1.82) is 0 Å². The SMILES string of the molecule is NC(=O)CONC(=O)c1ccon1. The molecule has 0 spiro atoms. The Morgan fingerprint density at radius 2 is 2.46 bits per heavy atom. The molecule has 13 heavy (non-hydrogen) atoms. The van der Waals surface area contributed by atoms with Crippen molar-refractivity contribution >= 4 is 11.8 Å². The molecule has 0 atom stereocenters. The summed E-state index contributed by atoms with van der Waals surface area (Å²) in [5, 5.41) is 3.33. The third-order valence-electron chi connectivity index (χ3n) is 1.05. The summed E-state index contributed by atoms with van der Waals surface area (Å²) in [6.07, 6.45) is 1.24. The fourth-order valence-electron chi connectivity index (χ4n) is 0.555.